The Bertz CT molecular complexity index is 1010. The maximum atomic E-state index is 14.2. The molecule has 0 aromatic rings. The molecule has 8 atom stereocenters. The zero-order chi connectivity index (χ0) is 25.1. The molecule has 5 aliphatic carbocycles. The summed E-state index contributed by atoms with van der Waals surface area (Å²) in [6.45, 7) is 15.5. The average Bonchev–Trinajstić information content (AvgIpc) is 2.73. The average molecular weight is 469 g/mol. The molecular formula is C30H44O4. The number of hydrogen-bond acceptors (Lipinski definition) is 3. The molecular weight excluding hydrogens is 424 g/mol. The van der Waals surface area contributed by atoms with Crippen molar-refractivity contribution in [2.45, 2.75) is 106 Å². The minimum absolute atomic E-state index is 0.0707. The Labute approximate surface area is 205 Å². The predicted molar refractivity (Wildman–Crippen MR) is 132 cm³/mol. The largest absolute Gasteiger partial charge is 0.481 e. The summed E-state index contributed by atoms with van der Waals surface area (Å²) in [5.74, 6) is 0.222. The molecule has 4 heteroatoms. The van der Waals surface area contributed by atoms with Crippen LogP contribution in [0.5, 0.6) is 0 Å². The smallest absolute Gasteiger partial charge is 0.309 e. The summed E-state index contributed by atoms with van der Waals surface area (Å²) in [6.07, 6.45) is 9.78. The van der Waals surface area contributed by atoms with Crippen LogP contribution < -0.4 is 0 Å². The lowest BCUT2D eigenvalue weighted by Gasteiger charge is -2.69. The number of rotatable bonds is 1. The van der Waals surface area contributed by atoms with E-state index in [0.717, 1.165) is 44.9 Å². The van der Waals surface area contributed by atoms with Gasteiger partial charge in [-0.05, 0) is 97.9 Å². The Kier molecular flexibility index (Phi) is 4.89. The molecule has 0 spiro atoms. The van der Waals surface area contributed by atoms with Gasteiger partial charge in [-0.15, -0.1) is 0 Å². The lowest BCUT2D eigenvalue weighted by molar-refractivity contribution is -0.188. The molecule has 0 unspecified atom stereocenters. The van der Waals surface area contributed by atoms with Crippen LogP contribution in [0.15, 0.2) is 11.6 Å². The van der Waals surface area contributed by atoms with Crippen LogP contribution in [-0.4, -0.2) is 22.6 Å². The molecule has 4 saturated carbocycles. The van der Waals surface area contributed by atoms with Crippen LogP contribution in [0.3, 0.4) is 0 Å². The molecule has 34 heavy (non-hydrogen) atoms. The van der Waals surface area contributed by atoms with Crippen LogP contribution in [0, 0.1) is 50.2 Å². The van der Waals surface area contributed by atoms with Gasteiger partial charge >= 0.3 is 5.97 Å². The van der Waals surface area contributed by atoms with E-state index < -0.39 is 11.4 Å². The first-order valence-corrected chi connectivity index (χ1v) is 13.6. The number of carbonyl (C=O) groups excluding carboxylic acids is 2. The SMILES string of the molecule is CC1(C)C(=O)CC[C@@]2(C)[C@H]3C(=O)C=C4[C@H]5C[C@@](C)(C(=O)O)CC[C@]5(C)CC[C@]4(C)[C@@]3(C)CC[C@@H]12. The normalized spacial score (nSPS) is 52.0. The first kappa shape index (κ1) is 24.3. The van der Waals surface area contributed by atoms with Crippen molar-refractivity contribution < 1.29 is 19.5 Å². The highest BCUT2D eigenvalue weighted by molar-refractivity contribution is 5.96. The second-order valence-corrected chi connectivity index (χ2v) is 14.7. The topological polar surface area (TPSA) is 71.4 Å². The van der Waals surface area contributed by atoms with Crippen molar-refractivity contribution in [2.24, 2.45) is 50.2 Å². The summed E-state index contributed by atoms with van der Waals surface area (Å²) in [5, 5.41) is 10.0. The van der Waals surface area contributed by atoms with Crippen molar-refractivity contribution in [3.05, 3.63) is 11.6 Å². The third-order valence-corrected chi connectivity index (χ3v) is 12.8. The van der Waals surface area contributed by atoms with Gasteiger partial charge in [-0.1, -0.05) is 47.1 Å². The maximum absolute atomic E-state index is 14.2. The number of carboxylic acid groups (broad SMARTS) is 1. The summed E-state index contributed by atoms with van der Waals surface area (Å²) >= 11 is 0. The highest BCUT2D eigenvalue weighted by atomic mass is 16.4. The van der Waals surface area contributed by atoms with E-state index in [1.54, 1.807) is 0 Å². The molecule has 1 N–H and O–H groups in total. The number of carboxylic acids is 1. The standard InChI is InChI=1S/C30H44O4/c1-25(2)21-8-11-30(7)23(28(21,5)10-9-22(25)32)20(31)16-18-19-17-27(4,24(33)34)13-12-26(19,3)14-15-29(18,30)6/h16,19,21,23H,8-15,17H2,1-7H3,(H,33,34)/t19-,21+,23-,26-,27+,28-,29+,30+/m1/s1. The first-order chi connectivity index (χ1) is 15.6. The second-order valence-electron chi connectivity index (χ2n) is 14.7. The van der Waals surface area contributed by atoms with Crippen molar-refractivity contribution in [3.63, 3.8) is 0 Å². The summed E-state index contributed by atoms with van der Waals surface area (Å²) in [7, 11) is 0. The van der Waals surface area contributed by atoms with Gasteiger partial charge < -0.3 is 5.11 Å². The zero-order valence-electron chi connectivity index (χ0n) is 22.3. The van der Waals surface area contributed by atoms with Gasteiger partial charge in [0, 0.05) is 17.8 Å². The maximum Gasteiger partial charge on any atom is 0.309 e. The fourth-order valence-electron chi connectivity index (χ4n) is 10.2. The molecule has 0 heterocycles. The number of Topliss-reactive ketones (excluding diaryl/α,β-unsaturated/α-hetero) is 1. The Morgan fingerprint density at radius 1 is 0.912 bits per heavy atom. The molecule has 0 aromatic carbocycles. The molecule has 5 aliphatic rings. The molecule has 0 aliphatic heterocycles. The minimum atomic E-state index is -0.721. The molecule has 188 valence electrons. The number of aliphatic carboxylic acids is 1. The van der Waals surface area contributed by atoms with Crippen LogP contribution in [0.4, 0.5) is 0 Å². The molecule has 0 radical (unpaired) electrons. The van der Waals surface area contributed by atoms with Gasteiger partial charge in [0.2, 0.25) is 0 Å². The lowest BCUT2D eigenvalue weighted by atomic mass is 9.33. The highest BCUT2D eigenvalue weighted by Gasteiger charge is 2.70. The first-order valence-electron chi connectivity index (χ1n) is 13.6. The van der Waals surface area contributed by atoms with Crippen LogP contribution in [0.25, 0.3) is 0 Å². The van der Waals surface area contributed by atoms with Gasteiger partial charge in [0.1, 0.15) is 5.78 Å². The Morgan fingerprint density at radius 2 is 1.56 bits per heavy atom. The van der Waals surface area contributed by atoms with Gasteiger partial charge in [-0.25, -0.2) is 0 Å². The van der Waals surface area contributed by atoms with E-state index in [1.807, 2.05) is 13.0 Å². The molecule has 4 nitrogen and oxygen atoms in total. The molecule has 0 saturated heterocycles. The van der Waals surface area contributed by atoms with Crippen LogP contribution >= 0.6 is 0 Å². The molecule has 0 aromatic heterocycles. The van der Waals surface area contributed by atoms with Crippen molar-refractivity contribution in [3.8, 4) is 0 Å². The summed E-state index contributed by atoms with van der Waals surface area (Å²) in [6, 6.07) is 0. The van der Waals surface area contributed by atoms with E-state index >= 15 is 0 Å². The molecule has 0 bridgehead atoms. The zero-order valence-corrected chi connectivity index (χ0v) is 22.3. The Balaban J connectivity index is 1.63. The number of fused-ring (bicyclic) bond motifs is 7. The third kappa shape index (κ3) is 2.75. The van der Waals surface area contributed by atoms with Crippen molar-refractivity contribution in [2.75, 3.05) is 0 Å². The quantitative estimate of drug-likeness (QED) is 0.469. The van der Waals surface area contributed by atoms with E-state index in [0.29, 0.717) is 18.6 Å². The monoisotopic (exact) mass is 468 g/mol. The van der Waals surface area contributed by atoms with E-state index in [-0.39, 0.29) is 50.6 Å². The third-order valence-electron chi connectivity index (χ3n) is 12.8. The fourth-order valence-corrected chi connectivity index (χ4v) is 10.2. The van der Waals surface area contributed by atoms with Crippen molar-refractivity contribution in [1.82, 2.24) is 0 Å². The Hall–Kier alpha value is -1.45. The Morgan fingerprint density at radius 3 is 2.21 bits per heavy atom. The number of hydrogen-bond donors (Lipinski definition) is 1. The number of carbonyl (C=O) groups is 3. The number of allylic oxidation sites excluding steroid dienone is 2. The molecule has 4 fully saturated rings. The highest BCUT2D eigenvalue weighted by Crippen LogP contribution is 2.74. The van der Waals surface area contributed by atoms with Gasteiger partial charge in [0.25, 0.3) is 0 Å². The predicted octanol–water partition coefficient (Wildman–Crippen LogP) is 6.62. The van der Waals surface area contributed by atoms with Crippen molar-refractivity contribution in [1.29, 1.82) is 0 Å². The van der Waals surface area contributed by atoms with E-state index in [2.05, 4.69) is 41.5 Å². The minimum Gasteiger partial charge on any atom is -0.481 e. The summed E-state index contributed by atoms with van der Waals surface area (Å²) < 4.78 is 0. The van der Waals surface area contributed by atoms with Gasteiger partial charge in [-0.3, -0.25) is 14.4 Å². The van der Waals surface area contributed by atoms with Crippen LogP contribution in [0.1, 0.15) is 106 Å². The van der Waals surface area contributed by atoms with Crippen LogP contribution in [-0.2, 0) is 14.4 Å². The molecule has 5 rings (SSSR count). The lowest BCUT2D eigenvalue weighted by Crippen LogP contribution is -2.66. The van der Waals surface area contributed by atoms with Crippen molar-refractivity contribution >= 4 is 17.5 Å². The van der Waals surface area contributed by atoms with E-state index in [4.69, 9.17) is 0 Å². The summed E-state index contributed by atoms with van der Waals surface area (Å²) in [4.78, 5) is 39.3. The van der Waals surface area contributed by atoms with Gasteiger partial charge in [0.15, 0.2) is 5.78 Å². The van der Waals surface area contributed by atoms with Gasteiger partial charge in [0.05, 0.1) is 5.41 Å². The number of ketones is 2. The van der Waals surface area contributed by atoms with Gasteiger partial charge in [-0.2, -0.15) is 0 Å². The van der Waals surface area contributed by atoms with E-state index in [9.17, 15) is 19.5 Å². The molecule has 0 amide bonds. The second kappa shape index (κ2) is 6.85. The van der Waals surface area contributed by atoms with E-state index in [1.165, 1.54) is 5.57 Å². The fraction of sp³-hybridized carbons (Fsp3) is 0.833. The van der Waals surface area contributed by atoms with Crippen LogP contribution in [0.2, 0.25) is 0 Å². The summed E-state index contributed by atoms with van der Waals surface area (Å²) in [5.41, 5.74) is -0.205.